The quantitative estimate of drug-likeness (QED) is 0.676. The van der Waals surface area contributed by atoms with Crippen LogP contribution in [0.1, 0.15) is 5.56 Å². The van der Waals surface area contributed by atoms with Crippen molar-refractivity contribution in [1.29, 1.82) is 0 Å². The van der Waals surface area contributed by atoms with E-state index in [1.165, 1.54) is 6.33 Å². The van der Waals surface area contributed by atoms with Gasteiger partial charge in [-0.15, -0.1) is 0 Å². The molecule has 1 unspecified atom stereocenters. The molecule has 1 heterocycles. The van der Waals surface area contributed by atoms with E-state index in [0.717, 1.165) is 5.56 Å². The van der Waals surface area contributed by atoms with Crippen LogP contribution in [0.4, 0.5) is 0 Å². The minimum atomic E-state index is -0.933. The zero-order valence-electron chi connectivity index (χ0n) is 7.10. The molecule has 0 spiro atoms. The van der Waals surface area contributed by atoms with Crippen LogP contribution in [0.15, 0.2) is 18.7 Å². The van der Waals surface area contributed by atoms with E-state index >= 15 is 0 Å². The molecule has 0 fully saturated rings. The maximum Gasteiger partial charge on any atom is 0.115 e. The van der Waals surface area contributed by atoms with Crippen molar-refractivity contribution < 1.29 is 4.21 Å². The molecule has 0 radical (unpaired) electrons. The Morgan fingerprint density at radius 3 is 2.58 bits per heavy atom. The zero-order valence-corrected chi connectivity index (χ0v) is 7.91. The van der Waals surface area contributed by atoms with Gasteiger partial charge in [-0.1, -0.05) is 0 Å². The predicted octanol–water partition coefficient (Wildman–Crippen LogP) is 0.202. The summed E-state index contributed by atoms with van der Waals surface area (Å²) in [6, 6.07) is 0. The summed E-state index contributed by atoms with van der Waals surface area (Å²) in [5.74, 6) is 0. The van der Waals surface area contributed by atoms with E-state index in [-0.39, 0.29) is 0 Å². The second-order valence-electron chi connectivity index (χ2n) is 2.46. The van der Waals surface area contributed by atoms with Crippen LogP contribution in [0.25, 0.3) is 0 Å². The first-order valence-corrected chi connectivity index (χ1v) is 5.00. The first kappa shape index (κ1) is 9.28. The SMILES string of the molecule is CN(Cc1cncnc1)S(C)=O. The fourth-order valence-corrected chi connectivity index (χ4v) is 1.09. The third kappa shape index (κ3) is 2.67. The van der Waals surface area contributed by atoms with E-state index in [1.54, 1.807) is 30.0 Å². The Morgan fingerprint density at radius 2 is 2.08 bits per heavy atom. The molecule has 12 heavy (non-hydrogen) atoms. The van der Waals surface area contributed by atoms with E-state index in [0.29, 0.717) is 6.54 Å². The fourth-order valence-electron chi connectivity index (χ4n) is 0.760. The topological polar surface area (TPSA) is 46.1 Å². The molecular formula is C7H11N3OS. The third-order valence-corrected chi connectivity index (χ3v) is 2.47. The van der Waals surface area contributed by atoms with Gasteiger partial charge in [0.1, 0.15) is 6.33 Å². The average Bonchev–Trinajstić information content (AvgIpc) is 2.06. The average molecular weight is 185 g/mol. The lowest BCUT2D eigenvalue weighted by Crippen LogP contribution is -2.19. The van der Waals surface area contributed by atoms with Gasteiger partial charge in [-0.05, 0) is 0 Å². The van der Waals surface area contributed by atoms with Gasteiger partial charge >= 0.3 is 0 Å². The molecular weight excluding hydrogens is 174 g/mol. The van der Waals surface area contributed by atoms with Crippen LogP contribution in [0.5, 0.6) is 0 Å². The minimum absolute atomic E-state index is 0.615. The molecule has 5 heteroatoms. The largest absolute Gasteiger partial charge is 0.244 e. The minimum Gasteiger partial charge on any atom is -0.244 e. The summed E-state index contributed by atoms with van der Waals surface area (Å²) < 4.78 is 12.7. The standard InChI is InChI=1S/C7H11N3OS/c1-10(12(2)11)5-7-3-8-6-9-4-7/h3-4,6H,5H2,1-2H3. The number of hydrogen-bond donors (Lipinski definition) is 0. The van der Waals surface area contributed by atoms with Crippen molar-refractivity contribution in [2.24, 2.45) is 0 Å². The van der Waals surface area contributed by atoms with E-state index in [2.05, 4.69) is 9.97 Å². The Bertz CT molecular complexity index is 265. The smallest absolute Gasteiger partial charge is 0.115 e. The molecule has 1 aromatic rings. The molecule has 0 saturated heterocycles. The third-order valence-electron chi connectivity index (χ3n) is 1.46. The molecule has 4 nitrogen and oxygen atoms in total. The van der Waals surface area contributed by atoms with Gasteiger partial charge in [0.15, 0.2) is 0 Å². The van der Waals surface area contributed by atoms with Crippen LogP contribution in [0.3, 0.4) is 0 Å². The van der Waals surface area contributed by atoms with Crippen LogP contribution in [-0.4, -0.2) is 31.8 Å². The Labute approximate surface area is 74.2 Å². The summed E-state index contributed by atoms with van der Waals surface area (Å²) in [6.07, 6.45) is 6.56. The van der Waals surface area contributed by atoms with Crippen molar-refractivity contribution in [3.05, 3.63) is 24.3 Å². The second kappa shape index (κ2) is 4.27. The Morgan fingerprint density at radius 1 is 1.50 bits per heavy atom. The molecule has 0 aliphatic rings. The van der Waals surface area contributed by atoms with Gasteiger partial charge in [-0.2, -0.15) is 0 Å². The van der Waals surface area contributed by atoms with E-state index in [1.807, 2.05) is 0 Å². The lowest BCUT2D eigenvalue weighted by Gasteiger charge is -2.11. The van der Waals surface area contributed by atoms with Crippen LogP contribution < -0.4 is 0 Å². The molecule has 0 saturated carbocycles. The maximum absolute atomic E-state index is 10.9. The molecule has 0 aliphatic carbocycles. The van der Waals surface area contributed by atoms with Crippen LogP contribution in [-0.2, 0) is 17.5 Å². The van der Waals surface area contributed by atoms with Gasteiger partial charge in [0, 0.05) is 37.8 Å². The van der Waals surface area contributed by atoms with Gasteiger partial charge < -0.3 is 0 Å². The fraction of sp³-hybridized carbons (Fsp3) is 0.429. The highest BCUT2D eigenvalue weighted by atomic mass is 32.2. The van der Waals surface area contributed by atoms with Gasteiger partial charge in [0.05, 0.1) is 11.0 Å². The lowest BCUT2D eigenvalue weighted by atomic mass is 10.3. The lowest BCUT2D eigenvalue weighted by molar-refractivity contribution is 0.522. The summed E-state index contributed by atoms with van der Waals surface area (Å²) in [7, 11) is 0.862. The summed E-state index contributed by atoms with van der Waals surface area (Å²) in [5.41, 5.74) is 0.968. The van der Waals surface area contributed by atoms with Crippen molar-refractivity contribution in [2.45, 2.75) is 6.54 Å². The van der Waals surface area contributed by atoms with E-state index in [4.69, 9.17) is 0 Å². The summed E-state index contributed by atoms with van der Waals surface area (Å²) in [5, 5.41) is 0. The van der Waals surface area contributed by atoms with Gasteiger partial charge in [-0.3, -0.25) is 0 Å². The number of rotatable bonds is 3. The molecule has 66 valence electrons. The highest BCUT2D eigenvalue weighted by Crippen LogP contribution is 1.99. The normalized spacial score (nSPS) is 13.2. The van der Waals surface area contributed by atoms with Crippen molar-refractivity contribution in [2.75, 3.05) is 13.3 Å². The summed E-state index contributed by atoms with van der Waals surface area (Å²) in [6.45, 7) is 0.615. The summed E-state index contributed by atoms with van der Waals surface area (Å²) >= 11 is 0. The highest BCUT2D eigenvalue weighted by molar-refractivity contribution is 7.81. The van der Waals surface area contributed by atoms with Crippen LogP contribution >= 0.6 is 0 Å². The Hall–Kier alpha value is -0.810. The molecule has 1 atom stereocenters. The Kier molecular flexibility index (Phi) is 3.31. The van der Waals surface area contributed by atoms with Gasteiger partial charge in [0.25, 0.3) is 0 Å². The molecule has 0 aliphatic heterocycles. The van der Waals surface area contributed by atoms with Gasteiger partial charge in [0.2, 0.25) is 0 Å². The molecule has 0 N–H and O–H groups in total. The van der Waals surface area contributed by atoms with Crippen molar-refractivity contribution in [1.82, 2.24) is 14.3 Å². The summed E-state index contributed by atoms with van der Waals surface area (Å²) in [4.78, 5) is 7.72. The first-order valence-electron chi connectivity index (χ1n) is 3.48. The molecule has 0 bridgehead atoms. The molecule has 1 rings (SSSR count). The van der Waals surface area contributed by atoms with Crippen molar-refractivity contribution in [3.63, 3.8) is 0 Å². The first-order chi connectivity index (χ1) is 5.70. The molecule has 1 aromatic heterocycles. The maximum atomic E-state index is 10.9. The van der Waals surface area contributed by atoms with Crippen LogP contribution in [0.2, 0.25) is 0 Å². The molecule has 0 aromatic carbocycles. The molecule has 0 amide bonds. The number of nitrogens with zero attached hydrogens (tertiary/aromatic N) is 3. The van der Waals surface area contributed by atoms with E-state index in [9.17, 15) is 4.21 Å². The number of hydrogen-bond acceptors (Lipinski definition) is 3. The van der Waals surface area contributed by atoms with Crippen molar-refractivity contribution >= 4 is 11.0 Å². The van der Waals surface area contributed by atoms with E-state index < -0.39 is 11.0 Å². The monoisotopic (exact) mass is 185 g/mol. The zero-order chi connectivity index (χ0) is 8.97. The van der Waals surface area contributed by atoms with Gasteiger partial charge in [-0.25, -0.2) is 18.5 Å². The second-order valence-corrected chi connectivity index (χ2v) is 3.93. The highest BCUT2D eigenvalue weighted by Gasteiger charge is 2.02. The Balaban J connectivity index is 2.58. The number of aromatic nitrogens is 2. The van der Waals surface area contributed by atoms with Crippen molar-refractivity contribution in [3.8, 4) is 0 Å². The van der Waals surface area contributed by atoms with Crippen LogP contribution in [0, 0.1) is 0 Å². The predicted molar refractivity (Wildman–Crippen MR) is 47.6 cm³/mol.